The quantitative estimate of drug-likeness (QED) is 0.508. The molecule has 3 aromatic rings. The summed E-state index contributed by atoms with van der Waals surface area (Å²) in [5, 5.41) is 3.84. The number of nitrogens with one attached hydrogen (secondary N) is 1. The van der Waals surface area contributed by atoms with Crippen LogP contribution in [-0.2, 0) is 4.79 Å². The Labute approximate surface area is 192 Å². The minimum absolute atomic E-state index is 0.0542. The largest absolute Gasteiger partial charge is 0.497 e. The van der Waals surface area contributed by atoms with Gasteiger partial charge in [-0.2, -0.15) is 0 Å². The van der Waals surface area contributed by atoms with Gasteiger partial charge in [-0.15, -0.1) is 11.8 Å². The number of aliphatic imine (C=N–C) groups is 2. The van der Waals surface area contributed by atoms with Crippen LogP contribution in [0.2, 0.25) is 0 Å². The summed E-state index contributed by atoms with van der Waals surface area (Å²) >= 11 is 1.45. The molecule has 5 nitrogen and oxygen atoms in total. The fourth-order valence-corrected chi connectivity index (χ4v) is 4.13. The number of amides is 1. The number of hydrogen-bond donors (Lipinski definition) is 1. The number of thioether (sulfide) groups is 1. The molecule has 0 radical (unpaired) electrons. The van der Waals surface area contributed by atoms with Crippen LogP contribution in [0.4, 0.5) is 17.1 Å². The molecule has 1 aliphatic heterocycles. The smallest absolute Gasteiger partial charge is 0.234 e. The normalized spacial score (nSPS) is 12.8. The molecule has 1 amide bonds. The van der Waals surface area contributed by atoms with Gasteiger partial charge >= 0.3 is 0 Å². The van der Waals surface area contributed by atoms with Crippen molar-refractivity contribution < 1.29 is 9.53 Å². The summed E-state index contributed by atoms with van der Waals surface area (Å²) in [6.07, 6.45) is 0.558. The van der Waals surface area contributed by atoms with Crippen LogP contribution in [0.1, 0.15) is 23.1 Å². The Bertz CT molecular complexity index is 1200. The molecule has 162 valence electrons. The van der Waals surface area contributed by atoms with Gasteiger partial charge in [0.2, 0.25) is 5.91 Å². The van der Waals surface area contributed by atoms with Gasteiger partial charge in [0.15, 0.2) is 0 Å². The minimum atomic E-state index is -0.0542. The molecule has 32 heavy (non-hydrogen) atoms. The number of aryl methyl sites for hydroxylation is 2. The van der Waals surface area contributed by atoms with E-state index in [0.29, 0.717) is 6.42 Å². The Balaban J connectivity index is 1.51. The summed E-state index contributed by atoms with van der Waals surface area (Å²) in [5.74, 6) is 1.03. The van der Waals surface area contributed by atoms with Crippen LogP contribution in [0.3, 0.4) is 0 Å². The molecule has 0 aliphatic carbocycles. The second kappa shape index (κ2) is 9.83. The third-order valence-electron chi connectivity index (χ3n) is 5.28. The maximum absolute atomic E-state index is 12.6. The summed E-state index contributed by atoms with van der Waals surface area (Å²) in [7, 11) is 1.65. The maximum atomic E-state index is 12.6. The highest BCUT2D eigenvalue weighted by Crippen LogP contribution is 2.33. The van der Waals surface area contributed by atoms with E-state index in [9.17, 15) is 4.79 Å². The first kappa shape index (κ1) is 21.8. The van der Waals surface area contributed by atoms with Crippen LogP contribution in [0.5, 0.6) is 5.75 Å². The minimum Gasteiger partial charge on any atom is -0.497 e. The molecular weight excluding hydrogens is 418 g/mol. The van der Waals surface area contributed by atoms with Crippen LogP contribution >= 0.6 is 11.8 Å². The van der Waals surface area contributed by atoms with Crippen LogP contribution in [-0.4, -0.2) is 29.5 Å². The van der Waals surface area contributed by atoms with E-state index < -0.39 is 0 Å². The highest BCUT2D eigenvalue weighted by atomic mass is 32.2. The Morgan fingerprint density at radius 3 is 2.38 bits per heavy atom. The van der Waals surface area contributed by atoms with Gasteiger partial charge in [-0.25, -0.2) is 4.99 Å². The topological polar surface area (TPSA) is 63.1 Å². The molecular formula is C26H25N3O2S. The molecule has 0 saturated heterocycles. The first-order chi connectivity index (χ1) is 15.5. The van der Waals surface area contributed by atoms with Crippen molar-refractivity contribution in [3.63, 3.8) is 0 Å². The fraction of sp³-hybridized carbons (Fsp3) is 0.192. The van der Waals surface area contributed by atoms with Crippen molar-refractivity contribution in [2.24, 2.45) is 9.98 Å². The number of methoxy groups -OCH3 is 1. The number of hydrogen-bond acceptors (Lipinski definition) is 5. The van der Waals surface area contributed by atoms with Gasteiger partial charge in [0.05, 0.1) is 35.0 Å². The summed E-state index contributed by atoms with van der Waals surface area (Å²) in [5.41, 5.74) is 6.73. The van der Waals surface area contributed by atoms with E-state index in [-0.39, 0.29) is 11.7 Å². The summed E-state index contributed by atoms with van der Waals surface area (Å²) in [6, 6.07) is 21.6. The van der Waals surface area contributed by atoms with Gasteiger partial charge in [0.1, 0.15) is 5.75 Å². The number of fused-ring (bicyclic) bond motifs is 1. The van der Waals surface area contributed by atoms with Crippen LogP contribution < -0.4 is 10.1 Å². The molecule has 4 rings (SSSR count). The van der Waals surface area contributed by atoms with Gasteiger partial charge in [-0.3, -0.25) is 9.79 Å². The van der Waals surface area contributed by atoms with E-state index in [1.54, 1.807) is 7.11 Å². The summed E-state index contributed by atoms with van der Waals surface area (Å²) in [4.78, 5) is 22.3. The molecule has 0 aromatic heterocycles. The number of carbonyl (C=O) groups is 1. The lowest BCUT2D eigenvalue weighted by Gasteiger charge is -2.10. The third-order valence-corrected chi connectivity index (χ3v) is 6.26. The van der Waals surface area contributed by atoms with Crippen molar-refractivity contribution in [2.75, 3.05) is 18.2 Å². The molecule has 1 aliphatic rings. The Kier molecular flexibility index (Phi) is 6.71. The zero-order chi connectivity index (χ0) is 22.5. The van der Waals surface area contributed by atoms with Crippen molar-refractivity contribution in [1.29, 1.82) is 0 Å². The highest BCUT2D eigenvalue weighted by molar-refractivity contribution is 8.14. The molecule has 1 N–H and O–H groups in total. The van der Waals surface area contributed by atoms with Crippen molar-refractivity contribution in [3.8, 4) is 5.75 Å². The third kappa shape index (κ3) is 5.26. The number of ether oxygens (including phenoxy) is 1. The monoisotopic (exact) mass is 443 g/mol. The van der Waals surface area contributed by atoms with E-state index in [4.69, 9.17) is 14.7 Å². The molecule has 0 atom stereocenters. The average Bonchev–Trinajstić information content (AvgIpc) is 2.99. The Morgan fingerprint density at radius 2 is 1.69 bits per heavy atom. The summed E-state index contributed by atoms with van der Waals surface area (Å²) in [6.45, 7) is 4.10. The standard InChI is InChI=1S/C26H25N3O2S/c1-17-8-11-20(14-18(17)2)27-25(30)16-32-26-15-24(19-9-12-21(31-3)13-10-19)28-22-6-4-5-7-23(22)29-26/h4-14H,15-16H2,1-3H3,(H,27,30). The van der Waals surface area contributed by atoms with E-state index >= 15 is 0 Å². The summed E-state index contributed by atoms with van der Waals surface area (Å²) < 4.78 is 5.27. The Hall–Kier alpha value is -3.38. The van der Waals surface area contributed by atoms with E-state index in [2.05, 4.69) is 12.2 Å². The van der Waals surface area contributed by atoms with Gasteiger partial charge < -0.3 is 10.1 Å². The highest BCUT2D eigenvalue weighted by Gasteiger charge is 2.17. The average molecular weight is 444 g/mol. The number of para-hydroxylation sites is 2. The Morgan fingerprint density at radius 1 is 0.969 bits per heavy atom. The maximum Gasteiger partial charge on any atom is 0.234 e. The van der Waals surface area contributed by atoms with Crippen molar-refractivity contribution in [3.05, 3.63) is 83.4 Å². The zero-order valence-electron chi connectivity index (χ0n) is 18.4. The van der Waals surface area contributed by atoms with Gasteiger partial charge in [-0.05, 0) is 79.1 Å². The second-order valence-electron chi connectivity index (χ2n) is 7.59. The molecule has 0 spiro atoms. The van der Waals surface area contributed by atoms with Crippen LogP contribution in [0, 0.1) is 13.8 Å². The molecule has 0 unspecified atom stereocenters. The SMILES string of the molecule is COc1ccc(C2=Nc3ccccc3N=C(SCC(=O)Nc3ccc(C)c(C)c3)C2)cc1. The number of rotatable bonds is 5. The van der Waals surface area contributed by atoms with Crippen molar-refractivity contribution >= 4 is 45.5 Å². The molecule has 0 saturated carbocycles. The lowest BCUT2D eigenvalue weighted by Crippen LogP contribution is -2.16. The van der Waals surface area contributed by atoms with Gasteiger partial charge in [-0.1, -0.05) is 18.2 Å². The predicted octanol–water partition coefficient (Wildman–Crippen LogP) is 6.24. The van der Waals surface area contributed by atoms with Gasteiger partial charge in [0.25, 0.3) is 0 Å². The number of carbonyl (C=O) groups excluding carboxylic acids is 1. The van der Waals surface area contributed by atoms with Crippen LogP contribution in [0.15, 0.2) is 76.7 Å². The van der Waals surface area contributed by atoms with Crippen molar-refractivity contribution in [2.45, 2.75) is 20.3 Å². The number of nitrogens with zero attached hydrogens (tertiary/aromatic N) is 2. The predicted molar refractivity (Wildman–Crippen MR) is 134 cm³/mol. The molecule has 1 heterocycles. The van der Waals surface area contributed by atoms with Crippen LogP contribution in [0.25, 0.3) is 0 Å². The van der Waals surface area contributed by atoms with Crippen molar-refractivity contribution in [1.82, 2.24) is 0 Å². The first-order valence-electron chi connectivity index (χ1n) is 10.4. The zero-order valence-corrected chi connectivity index (χ0v) is 19.2. The van der Waals surface area contributed by atoms with E-state index in [1.165, 1.54) is 17.3 Å². The molecule has 0 fully saturated rings. The molecule has 3 aromatic carbocycles. The fourth-order valence-electron chi connectivity index (χ4n) is 3.35. The molecule has 6 heteroatoms. The second-order valence-corrected chi connectivity index (χ2v) is 8.64. The number of anilines is 1. The lowest BCUT2D eigenvalue weighted by molar-refractivity contribution is -0.113. The van der Waals surface area contributed by atoms with E-state index in [0.717, 1.165) is 44.7 Å². The lowest BCUT2D eigenvalue weighted by atomic mass is 10.1. The number of benzene rings is 3. The van der Waals surface area contributed by atoms with E-state index in [1.807, 2.05) is 73.7 Å². The molecule has 0 bridgehead atoms. The van der Waals surface area contributed by atoms with Gasteiger partial charge in [0, 0.05) is 12.1 Å². The first-order valence-corrected chi connectivity index (χ1v) is 11.4.